The zero-order valence-electron chi connectivity index (χ0n) is 17.6. The van der Waals surface area contributed by atoms with Gasteiger partial charge < -0.3 is 14.8 Å². The van der Waals surface area contributed by atoms with Gasteiger partial charge in [0.15, 0.2) is 0 Å². The van der Waals surface area contributed by atoms with Crippen LogP contribution < -0.4 is 10.9 Å². The fraction of sp³-hybridized carbons (Fsp3) is 0.650. The van der Waals surface area contributed by atoms with E-state index >= 15 is 0 Å². The van der Waals surface area contributed by atoms with Crippen molar-refractivity contribution in [1.82, 2.24) is 14.8 Å². The summed E-state index contributed by atoms with van der Waals surface area (Å²) in [7, 11) is 1.13. The van der Waals surface area contributed by atoms with Crippen LogP contribution in [0.1, 0.15) is 42.5 Å². The van der Waals surface area contributed by atoms with Crippen LogP contribution in [0.15, 0.2) is 17.1 Å². The molecule has 1 amide bonds. The van der Waals surface area contributed by atoms with Crippen molar-refractivity contribution in [1.29, 1.82) is 0 Å². The number of methoxy groups -OCH3 is 1. The predicted molar refractivity (Wildman–Crippen MR) is 110 cm³/mol. The number of esters is 1. The molecule has 1 aliphatic heterocycles. The standard InChI is InChI=1S/C20H28N4O7/c1-30-19(27)15-11-16(24(28)29)18(26)22(12-15)13-17(25)21-14-20(5-3-2-4-6-20)23-7-9-31-10-8-23/h11-12H,2-10,13-14H2,1H3,(H,21,25). The van der Waals surface area contributed by atoms with Crippen LogP contribution in [-0.4, -0.2) is 71.8 Å². The van der Waals surface area contributed by atoms with Crippen molar-refractivity contribution < 1.29 is 24.0 Å². The van der Waals surface area contributed by atoms with Gasteiger partial charge in [0.2, 0.25) is 5.91 Å². The van der Waals surface area contributed by atoms with E-state index in [2.05, 4.69) is 15.0 Å². The van der Waals surface area contributed by atoms with E-state index in [-0.39, 0.29) is 11.1 Å². The Labute approximate surface area is 179 Å². The Morgan fingerprint density at radius 3 is 2.55 bits per heavy atom. The van der Waals surface area contributed by atoms with Gasteiger partial charge in [0.25, 0.3) is 0 Å². The highest BCUT2D eigenvalue weighted by atomic mass is 16.6. The number of nitrogens with zero attached hydrogens (tertiary/aromatic N) is 3. The summed E-state index contributed by atoms with van der Waals surface area (Å²) in [5, 5.41) is 14.1. The van der Waals surface area contributed by atoms with Crippen LogP contribution in [0, 0.1) is 10.1 Å². The van der Waals surface area contributed by atoms with E-state index in [0.29, 0.717) is 19.8 Å². The minimum absolute atomic E-state index is 0.150. The maximum absolute atomic E-state index is 12.7. The molecule has 1 aliphatic carbocycles. The van der Waals surface area contributed by atoms with Crippen LogP contribution in [0.25, 0.3) is 0 Å². The Kier molecular flexibility index (Phi) is 7.39. The van der Waals surface area contributed by atoms with Crippen molar-refractivity contribution >= 4 is 17.6 Å². The van der Waals surface area contributed by atoms with E-state index in [1.165, 1.54) is 6.42 Å². The van der Waals surface area contributed by atoms with Crippen molar-refractivity contribution in [3.05, 3.63) is 38.3 Å². The Morgan fingerprint density at radius 1 is 1.26 bits per heavy atom. The molecule has 0 radical (unpaired) electrons. The molecule has 2 aliphatic rings. The van der Waals surface area contributed by atoms with Crippen LogP contribution in [0.2, 0.25) is 0 Å². The molecule has 11 heteroatoms. The number of rotatable bonds is 7. The molecule has 2 heterocycles. The average Bonchev–Trinajstić information content (AvgIpc) is 2.79. The quantitative estimate of drug-likeness (QED) is 0.375. The van der Waals surface area contributed by atoms with Crippen LogP contribution in [-0.2, 0) is 20.8 Å². The van der Waals surface area contributed by atoms with Crippen LogP contribution >= 0.6 is 0 Å². The largest absolute Gasteiger partial charge is 0.465 e. The van der Waals surface area contributed by atoms with E-state index in [9.17, 15) is 24.5 Å². The summed E-state index contributed by atoms with van der Waals surface area (Å²) in [6.45, 7) is 2.94. The Bertz CT molecular complexity index is 886. The second-order valence-corrected chi connectivity index (χ2v) is 7.96. The highest BCUT2D eigenvalue weighted by Gasteiger charge is 2.38. The molecule has 31 heavy (non-hydrogen) atoms. The Morgan fingerprint density at radius 2 is 1.94 bits per heavy atom. The summed E-state index contributed by atoms with van der Waals surface area (Å²) in [4.78, 5) is 49.6. The van der Waals surface area contributed by atoms with Gasteiger partial charge in [0.1, 0.15) is 6.54 Å². The Balaban J connectivity index is 1.75. The number of amides is 1. The summed E-state index contributed by atoms with van der Waals surface area (Å²) in [6.07, 6.45) is 6.38. The van der Waals surface area contributed by atoms with E-state index in [0.717, 1.165) is 62.7 Å². The molecule has 2 fully saturated rings. The molecular weight excluding hydrogens is 408 g/mol. The molecule has 170 valence electrons. The minimum atomic E-state index is -0.951. The van der Waals surface area contributed by atoms with Gasteiger partial charge in [0, 0.05) is 37.4 Å². The lowest BCUT2D eigenvalue weighted by Gasteiger charge is -2.48. The maximum Gasteiger partial charge on any atom is 0.339 e. The molecule has 1 N–H and O–H groups in total. The second kappa shape index (κ2) is 10.0. The predicted octanol–water partition coefficient (Wildman–Crippen LogP) is 0.694. The molecule has 0 bridgehead atoms. The summed E-state index contributed by atoms with van der Waals surface area (Å²) in [5.74, 6) is -1.28. The topological polar surface area (TPSA) is 133 Å². The third-order valence-corrected chi connectivity index (χ3v) is 6.08. The SMILES string of the molecule is COC(=O)c1cc([N+](=O)[O-])c(=O)n(CC(=O)NCC2(N3CCOCC3)CCCCC2)c1. The van der Waals surface area contributed by atoms with E-state index in [1.54, 1.807) is 0 Å². The lowest BCUT2D eigenvalue weighted by atomic mass is 9.79. The number of hydrogen-bond acceptors (Lipinski definition) is 8. The number of pyridine rings is 1. The maximum atomic E-state index is 12.7. The lowest BCUT2D eigenvalue weighted by molar-refractivity contribution is -0.386. The molecule has 3 rings (SSSR count). The van der Waals surface area contributed by atoms with Crippen molar-refractivity contribution in [3.8, 4) is 0 Å². The second-order valence-electron chi connectivity index (χ2n) is 7.96. The van der Waals surface area contributed by atoms with Crippen LogP contribution in [0.4, 0.5) is 5.69 Å². The highest BCUT2D eigenvalue weighted by Crippen LogP contribution is 2.33. The number of nitro groups is 1. The molecule has 1 saturated heterocycles. The fourth-order valence-electron chi connectivity index (χ4n) is 4.42. The van der Waals surface area contributed by atoms with E-state index in [4.69, 9.17) is 4.74 Å². The molecule has 0 atom stereocenters. The van der Waals surface area contributed by atoms with Crippen molar-refractivity contribution in [2.75, 3.05) is 40.0 Å². The minimum Gasteiger partial charge on any atom is -0.465 e. The molecule has 1 aromatic rings. The highest BCUT2D eigenvalue weighted by molar-refractivity contribution is 5.89. The summed E-state index contributed by atoms with van der Waals surface area (Å²) >= 11 is 0. The van der Waals surface area contributed by atoms with Crippen molar-refractivity contribution in [3.63, 3.8) is 0 Å². The van der Waals surface area contributed by atoms with Gasteiger partial charge in [-0.25, -0.2) is 4.79 Å². The number of morpholine rings is 1. The number of carbonyl (C=O) groups excluding carboxylic acids is 2. The zero-order chi connectivity index (χ0) is 22.4. The van der Waals surface area contributed by atoms with Gasteiger partial charge in [-0.15, -0.1) is 0 Å². The van der Waals surface area contributed by atoms with E-state index < -0.39 is 34.6 Å². The number of aromatic nitrogens is 1. The molecule has 0 unspecified atom stereocenters. The van der Waals surface area contributed by atoms with Crippen LogP contribution in [0.5, 0.6) is 0 Å². The normalized spacial score (nSPS) is 18.9. The number of carbonyl (C=O) groups is 2. The first-order chi connectivity index (χ1) is 14.9. The third-order valence-electron chi connectivity index (χ3n) is 6.08. The smallest absolute Gasteiger partial charge is 0.339 e. The number of nitrogens with one attached hydrogen (secondary N) is 1. The van der Waals surface area contributed by atoms with Gasteiger partial charge in [-0.05, 0) is 12.8 Å². The summed E-state index contributed by atoms with van der Waals surface area (Å²) in [6, 6.07) is 0.859. The monoisotopic (exact) mass is 436 g/mol. The molecule has 0 aromatic carbocycles. The molecular formula is C20H28N4O7. The first-order valence-electron chi connectivity index (χ1n) is 10.4. The lowest BCUT2D eigenvalue weighted by Crippen LogP contribution is -2.59. The molecule has 1 saturated carbocycles. The average molecular weight is 436 g/mol. The number of hydrogen-bond donors (Lipinski definition) is 1. The van der Waals surface area contributed by atoms with Gasteiger partial charge in [-0.2, -0.15) is 0 Å². The summed E-state index contributed by atoms with van der Waals surface area (Å²) < 4.78 is 10.9. The van der Waals surface area contributed by atoms with Gasteiger partial charge in [-0.3, -0.25) is 29.2 Å². The molecule has 1 aromatic heterocycles. The summed E-state index contributed by atoms with van der Waals surface area (Å²) in [5.41, 5.74) is -2.05. The molecule has 11 nitrogen and oxygen atoms in total. The number of ether oxygens (including phenoxy) is 2. The van der Waals surface area contributed by atoms with Crippen molar-refractivity contribution in [2.45, 2.75) is 44.2 Å². The van der Waals surface area contributed by atoms with Gasteiger partial charge in [-0.1, -0.05) is 19.3 Å². The van der Waals surface area contributed by atoms with Crippen molar-refractivity contribution in [2.24, 2.45) is 0 Å². The Hall–Kier alpha value is -2.79. The molecule has 0 spiro atoms. The first-order valence-corrected chi connectivity index (χ1v) is 10.4. The van der Waals surface area contributed by atoms with Gasteiger partial charge >= 0.3 is 17.2 Å². The first kappa shape index (κ1) is 22.9. The van der Waals surface area contributed by atoms with Gasteiger partial charge in [0.05, 0.1) is 30.8 Å². The third kappa shape index (κ3) is 5.28. The zero-order valence-corrected chi connectivity index (χ0v) is 17.6. The van der Waals surface area contributed by atoms with E-state index in [1.807, 2.05) is 0 Å². The van der Waals surface area contributed by atoms with Crippen LogP contribution in [0.3, 0.4) is 0 Å². The fourth-order valence-corrected chi connectivity index (χ4v) is 4.42.